The number of fused-ring (bicyclic) bond motifs is 3. The zero-order chi connectivity index (χ0) is 20.0. The number of carbonyl (C=O) groups excluding carboxylic acids is 1. The molecule has 1 aromatic carbocycles. The quantitative estimate of drug-likeness (QED) is 0.513. The molecule has 0 saturated carbocycles. The SMILES string of the molecule is CC(Sc1nc2sc3c(c2c(=O)n1C)CCC3)C(=O)Nc1c(F)cccc1F. The summed E-state index contributed by atoms with van der Waals surface area (Å²) in [4.78, 5) is 31.7. The summed E-state index contributed by atoms with van der Waals surface area (Å²) in [7, 11) is 1.62. The van der Waals surface area contributed by atoms with Crippen LogP contribution in [0.5, 0.6) is 0 Å². The molecule has 28 heavy (non-hydrogen) atoms. The number of aryl methyl sites for hydroxylation is 2. The van der Waals surface area contributed by atoms with Crippen molar-refractivity contribution >= 4 is 44.9 Å². The highest BCUT2D eigenvalue weighted by molar-refractivity contribution is 8.00. The van der Waals surface area contributed by atoms with Crippen LogP contribution in [0, 0.1) is 11.6 Å². The number of hydrogen-bond acceptors (Lipinski definition) is 5. The first-order chi connectivity index (χ1) is 13.4. The van der Waals surface area contributed by atoms with Crippen molar-refractivity contribution in [3.8, 4) is 0 Å². The van der Waals surface area contributed by atoms with Crippen LogP contribution in [0.1, 0.15) is 23.8 Å². The van der Waals surface area contributed by atoms with Crippen LogP contribution in [0.2, 0.25) is 0 Å². The number of benzene rings is 1. The Morgan fingerprint density at radius 1 is 1.32 bits per heavy atom. The van der Waals surface area contributed by atoms with Gasteiger partial charge in [0.2, 0.25) is 5.91 Å². The number of anilines is 1. The molecule has 2 heterocycles. The minimum Gasteiger partial charge on any atom is -0.320 e. The van der Waals surface area contributed by atoms with Crippen LogP contribution in [0.15, 0.2) is 28.2 Å². The highest BCUT2D eigenvalue weighted by atomic mass is 32.2. The molecule has 5 nitrogen and oxygen atoms in total. The zero-order valence-electron chi connectivity index (χ0n) is 15.2. The van der Waals surface area contributed by atoms with Gasteiger partial charge in [-0.2, -0.15) is 0 Å². The molecular formula is C19H17F2N3O2S2. The molecule has 2 aromatic heterocycles. The van der Waals surface area contributed by atoms with E-state index in [1.807, 2.05) is 0 Å². The predicted octanol–water partition coefficient (Wildman–Crippen LogP) is 3.88. The lowest BCUT2D eigenvalue weighted by molar-refractivity contribution is -0.115. The second-order valence-electron chi connectivity index (χ2n) is 6.64. The van der Waals surface area contributed by atoms with Gasteiger partial charge in [-0.1, -0.05) is 17.8 Å². The molecule has 0 fully saturated rings. The second-order valence-corrected chi connectivity index (χ2v) is 9.03. The largest absolute Gasteiger partial charge is 0.320 e. The maximum atomic E-state index is 13.8. The van der Waals surface area contributed by atoms with Crippen molar-refractivity contribution in [2.75, 3.05) is 5.32 Å². The smallest absolute Gasteiger partial charge is 0.262 e. The number of thioether (sulfide) groups is 1. The number of rotatable bonds is 4. The minimum absolute atomic E-state index is 0.125. The molecule has 0 aliphatic heterocycles. The lowest BCUT2D eigenvalue weighted by Crippen LogP contribution is -2.26. The Kier molecular flexibility index (Phi) is 4.96. The first-order valence-corrected chi connectivity index (χ1v) is 10.5. The molecule has 4 rings (SSSR count). The topological polar surface area (TPSA) is 64.0 Å². The van der Waals surface area contributed by atoms with Crippen molar-refractivity contribution in [1.82, 2.24) is 9.55 Å². The van der Waals surface area contributed by atoms with Crippen molar-refractivity contribution in [2.24, 2.45) is 7.05 Å². The van der Waals surface area contributed by atoms with E-state index in [1.54, 1.807) is 14.0 Å². The van der Waals surface area contributed by atoms with Crippen molar-refractivity contribution < 1.29 is 13.6 Å². The molecule has 1 aliphatic rings. The van der Waals surface area contributed by atoms with E-state index in [1.165, 1.54) is 26.8 Å². The molecule has 1 unspecified atom stereocenters. The van der Waals surface area contributed by atoms with Gasteiger partial charge in [0.25, 0.3) is 5.56 Å². The maximum Gasteiger partial charge on any atom is 0.262 e. The lowest BCUT2D eigenvalue weighted by atomic mass is 10.2. The molecule has 3 aromatic rings. The molecule has 0 bridgehead atoms. The first-order valence-electron chi connectivity index (χ1n) is 8.79. The van der Waals surface area contributed by atoms with Crippen LogP contribution in [-0.2, 0) is 24.7 Å². The van der Waals surface area contributed by atoms with Crippen molar-refractivity contribution in [1.29, 1.82) is 0 Å². The van der Waals surface area contributed by atoms with Crippen LogP contribution < -0.4 is 10.9 Å². The summed E-state index contributed by atoms with van der Waals surface area (Å²) in [5.74, 6) is -2.26. The number of carbonyl (C=O) groups is 1. The normalized spacial score (nSPS) is 14.3. The summed E-state index contributed by atoms with van der Waals surface area (Å²) in [6.45, 7) is 1.60. The Hall–Kier alpha value is -2.26. The Bertz CT molecular complexity index is 1140. The Balaban J connectivity index is 1.60. The number of amides is 1. The summed E-state index contributed by atoms with van der Waals surface area (Å²) in [6.07, 6.45) is 2.92. The highest BCUT2D eigenvalue weighted by Gasteiger charge is 2.25. The number of aromatic nitrogens is 2. The standard InChI is InChI=1S/C19H17F2N3O2S2/c1-9(16(25)22-15-11(20)6-4-7-12(15)21)27-19-23-17-14(18(26)24(19)2)10-5-3-8-13(10)28-17/h4,6-7,9H,3,5,8H2,1-2H3,(H,22,25). The highest BCUT2D eigenvalue weighted by Crippen LogP contribution is 2.36. The predicted molar refractivity (Wildman–Crippen MR) is 107 cm³/mol. The van der Waals surface area contributed by atoms with Crippen LogP contribution in [0.25, 0.3) is 10.2 Å². The van der Waals surface area contributed by atoms with E-state index < -0.39 is 28.5 Å². The maximum absolute atomic E-state index is 13.8. The van der Waals surface area contributed by atoms with E-state index in [4.69, 9.17) is 0 Å². The summed E-state index contributed by atoms with van der Waals surface area (Å²) in [6, 6.07) is 3.38. The fourth-order valence-electron chi connectivity index (χ4n) is 3.26. The van der Waals surface area contributed by atoms with Crippen molar-refractivity contribution in [3.05, 3.63) is 50.6 Å². The van der Waals surface area contributed by atoms with E-state index in [-0.39, 0.29) is 5.56 Å². The van der Waals surface area contributed by atoms with Gasteiger partial charge in [0.1, 0.15) is 22.2 Å². The van der Waals surface area contributed by atoms with Crippen LogP contribution in [0.3, 0.4) is 0 Å². The summed E-state index contributed by atoms with van der Waals surface area (Å²) < 4.78 is 28.9. The van der Waals surface area contributed by atoms with Gasteiger partial charge in [-0.05, 0) is 43.9 Å². The number of para-hydroxylation sites is 1. The van der Waals surface area contributed by atoms with Gasteiger partial charge in [-0.15, -0.1) is 11.3 Å². The van der Waals surface area contributed by atoms with Crippen LogP contribution in [-0.4, -0.2) is 20.7 Å². The lowest BCUT2D eigenvalue weighted by Gasteiger charge is -2.14. The third-order valence-electron chi connectivity index (χ3n) is 4.77. The van der Waals surface area contributed by atoms with Gasteiger partial charge in [0.15, 0.2) is 5.16 Å². The first kappa shape index (κ1) is 19.1. The molecule has 0 spiro atoms. The molecule has 0 radical (unpaired) electrons. The van der Waals surface area contributed by atoms with Gasteiger partial charge in [-0.3, -0.25) is 14.2 Å². The third-order valence-corrected chi connectivity index (χ3v) is 7.10. The van der Waals surface area contributed by atoms with Crippen LogP contribution >= 0.6 is 23.1 Å². The van der Waals surface area contributed by atoms with Gasteiger partial charge >= 0.3 is 0 Å². The van der Waals surface area contributed by atoms with E-state index in [0.29, 0.717) is 15.4 Å². The molecule has 1 atom stereocenters. The Morgan fingerprint density at radius 2 is 2.04 bits per heavy atom. The minimum atomic E-state index is -0.842. The van der Waals surface area contributed by atoms with Gasteiger partial charge in [0.05, 0.1) is 10.6 Å². The van der Waals surface area contributed by atoms with Gasteiger partial charge < -0.3 is 5.32 Å². The second kappa shape index (κ2) is 7.29. The number of thiophene rings is 1. The zero-order valence-corrected chi connectivity index (χ0v) is 16.8. The number of nitrogens with one attached hydrogen (secondary N) is 1. The molecule has 0 saturated heterocycles. The fraction of sp³-hybridized carbons (Fsp3) is 0.316. The van der Waals surface area contributed by atoms with E-state index >= 15 is 0 Å². The number of halogens is 2. The summed E-state index contributed by atoms with van der Waals surface area (Å²) in [5.41, 5.74) is 0.497. The summed E-state index contributed by atoms with van der Waals surface area (Å²) >= 11 is 2.61. The van der Waals surface area contributed by atoms with Crippen molar-refractivity contribution in [3.63, 3.8) is 0 Å². The van der Waals surface area contributed by atoms with E-state index in [2.05, 4.69) is 10.3 Å². The molecule has 9 heteroatoms. The molecular weight excluding hydrogens is 404 g/mol. The van der Waals surface area contributed by atoms with Crippen LogP contribution in [0.4, 0.5) is 14.5 Å². The molecule has 1 N–H and O–H groups in total. The monoisotopic (exact) mass is 421 g/mol. The Morgan fingerprint density at radius 3 is 2.75 bits per heavy atom. The summed E-state index contributed by atoms with van der Waals surface area (Å²) in [5, 5.41) is 2.64. The molecule has 1 amide bonds. The van der Waals surface area contributed by atoms with Gasteiger partial charge in [0, 0.05) is 11.9 Å². The molecule has 1 aliphatic carbocycles. The Labute approximate surface area is 167 Å². The van der Waals surface area contributed by atoms with Gasteiger partial charge in [-0.25, -0.2) is 13.8 Å². The average molecular weight is 421 g/mol. The number of nitrogens with zero attached hydrogens (tertiary/aromatic N) is 2. The third kappa shape index (κ3) is 3.22. The molecule has 146 valence electrons. The van der Waals surface area contributed by atoms with Crippen molar-refractivity contribution in [2.45, 2.75) is 36.6 Å². The fourth-order valence-corrected chi connectivity index (χ4v) is 5.44. The van der Waals surface area contributed by atoms with E-state index in [9.17, 15) is 18.4 Å². The van der Waals surface area contributed by atoms with E-state index in [0.717, 1.165) is 48.7 Å². The number of hydrogen-bond donors (Lipinski definition) is 1. The average Bonchev–Trinajstić information content (AvgIpc) is 3.23.